The maximum atomic E-state index is 11.1. The number of furan rings is 1. The molecule has 3 aromatic carbocycles. The zero-order valence-electron chi connectivity index (χ0n) is 16.2. The zero-order chi connectivity index (χ0) is 21.1. The number of nitrogens with one attached hydrogen (secondary N) is 1. The molecule has 0 unspecified atom stereocenters. The second-order valence-corrected chi connectivity index (χ2v) is 7.47. The number of rotatable bonds is 7. The molecule has 0 amide bonds. The number of carboxylic acid groups (broad SMARTS) is 1. The number of hydrogen-bond acceptors (Lipinski definition) is 4. The van der Waals surface area contributed by atoms with Crippen LogP contribution < -0.4 is 11.1 Å². The van der Waals surface area contributed by atoms with Gasteiger partial charge in [0.15, 0.2) is 5.22 Å². The van der Waals surface area contributed by atoms with Crippen LogP contribution in [0.2, 0.25) is 5.22 Å². The van der Waals surface area contributed by atoms with Crippen LogP contribution in [-0.2, 0) is 24.3 Å². The molecular weight excluding hydrogens is 400 g/mol. The molecule has 4 N–H and O–H groups in total. The normalized spacial score (nSPS) is 11.0. The van der Waals surface area contributed by atoms with E-state index in [0.29, 0.717) is 18.3 Å². The van der Waals surface area contributed by atoms with E-state index >= 15 is 0 Å². The fraction of sp³-hybridized carbons (Fsp3) is 0.125. The van der Waals surface area contributed by atoms with Crippen LogP contribution in [-0.4, -0.2) is 11.1 Å². The molecule has 152 valence electrons. The topological polar surface area (TPSA) is 88.5 Å². The van der Waals surface area contributed by atoms with Crippen molar-refractivity contribution in [2.45, 2.75) is 19.5 Å². The molecule has 1 aromatic heterocycles. The van der Waals surface area contributed by atoms with Gasteiger partial charge >= 0.3 is 5.97 Å². The van der Waals surface area contributed by atoms with Crippen LogP contribution in [0.15, 0.2) is 71.1 Å². The Kier molecular flexibility index (Phi) is 5.74. The van der Waals surface area contributed by atoms with Crippen molar-refractivity contribution in [3.05, 3.63) is 88.6 Å². The lowest BCUT2D eigenvalue weighted by Crippen LogP contribution is -2.06. The predicted molar refractivity (Wildman–Crippen MR) is 120 cm³/mol. The van der Waals surface area contributed by atoms with Crippen molar-refractivity contribution in [3.8, 4) is 11.1 Å². The van der Waals surface area contributed by atoms with E-state index in [1.165, 1.54) is 0 Å². The molecule has 1 heterocycles. The van der Waals surface area contributed by atoms with Crippen molar-refractivity contribution < 1.29 is 14.3 Å². The molecule has 0 radical (unpaired) electrons. The third-order valence-electron chi connectivity index (χ3n) is 4.96. The Morgan fingerprint density at radius 2 is 1.87 bits per heavy atom. The molecule has 0 saturated carbocycles. The Morgan fingerprint density at radius 3 is 2.67 bits per heavy atom. The van der Waals surface area contributed by atoms with E-state index in [4.69, 9.17) is 26.9 Å². The number of nitrogens with two attached hydrogens (primary N) is 1. The Labute approximate surface area is 179 Å². The van der Waals surface area contributed by atoms with Crippen molar-refractivity contribution >= 4 is 34.2 Å². The first-order valence-electron chi connectivity index (χ1n) is 9.58. The number of aliphatic carboxylic acids is 1. The average molecular weight is 421 g/mol. The van der Waals surface area contributed by atoms with Crippen molar-refractivity contribution in [2.75, 3.05) is 5.32 Å². The number of anilines is 1. The van der Waals surface area contributed by atoms with E-state index in [0.717, 1.165) is 44.5 Å². The van der Waals surface area contributed by atoms with Gasteiger partial charge in [-0.2, -0.15) is 0 Å². The minimum Gasteiger partial charge on any atom is -0.481 e. The van der Waals surface area contributed by atoms with Crippen molar-refractivity contribution in [1.82, 2.24) is 0 Å². The van der Waals surface area contributed by atoms with Gasteiger partial charge in [0.25, 0.3) is 0 Å². The van der Waals surface area contributed by atoms with Gasteiger partial charge in [0.1, 0.15) is 5.58 Å². The number of carbonyl (C=O) groups is 1. The number of fused-ring (bicyclic) bond motifs is 1. The van der Waals surface area contributed by atoms with Gasteiger partial charge in [-0.1, -0.05) is 36.4 Å². The first-order chi connectivity index (χ1) is 14.5. The molecule has 30 heavy (non-hydrogen) atoms. The van der Waals surface area contributed by atoms with Crippen LogP contribution in [0.25, 0.3) is 22.1 Å². The Bertz CT molecular complexity index is 1220. The fourth-order valence-corrected chi connectivity index (χ4v) is 3.77. The minimum absolute atomic E-state index is 0.0311. The maximum Gasteiger partial charge on any atom is 0.307 e. The van der Waals surface area contributed by atoms with Crippen LogP contribution in [0.5, 0.6) is 0 Å². The van der Waals surface area contributed by atoms with E-state index in [9.17, 15) is 4.79 Å². The lowest BCUT2D eigenvalue weighted by Gasteiger charge is -2.13. The lowest BCUT2D eigenvalue weighted by atomic mass is 9.98. The molecule has 0 atom stereocenters. The third-order valence-corrected chi connectivity index (χ3v) is 5.15. The Balaban J connectivity index is 1.70. The predicted octanol–water partition coefficient (Wildman–Crippen LogP) is 5.45. The first-order valence-corrected chi connectivity index (χ1v) is 9.96. The number of hydrogen-bond donors (Lipinski definition) is 3. The van der Waals surface area contributed by atoms with Crippen LogP contribution in [0.1, 0.15) is 16.7 Å². The number of carboxylic acids is 1. The summed E-state index contributed by atoms with van der Waals surface area (Å²) in [5.74, 6) is -0.860. The lowest BCUT2D eigenvalue weighted by molar-refractivity contribution is -0.136. The largest absolute Gasteiger partial charge is 0.481 e. The SMILES string of the molecule is NCc1cccc(-c2cc(CNc3ccccc3CC(=O)O)cc3cc(Cl)oc23)c1. The van der Waals surface area contributed by atoms with Gasteiger partial charge in [0.05, 0.1) is 6.42 Å². The molecule has 4 aromatic rings. The smallest absolute Gasteiger partial charge is 0.307 e. The molecular formula is C24H21ClN2O3. The molecule has 0 aliphatic rings. The summed E-state index contributed by atoms with van der Waals surface area (Å²) < 4.78 is 5.76. The van der Waals surface area contributed by atoms with E-state index in [1.807, 2.05) is 54.6 Å². The van der Waals surface area contributed by atoms with Gasteiger partial charge < -0.3 is 20.6 Å². The summed E-state index contributed by atoms with van der Waals surface area (Å²) in [6, 6.07) is 21.3. The summed E-state index contributed by atoms with van der Waals surface area (Å²) in [5.41, 5.74) is 12.1. The molecule has 0 aliphatic heterocycles. The van der Waals surface area contributed by atoms with Gasteiger partial charge in [0.2, 0.25) is 0 Å². The summed E-state index contributed by atoms with van der Waals surface area (Å²) in [6.45, 7) is 0.983. The molecule has 0 saturated heterocycles. The third kappa shape index (κ3) is 4.32. The summed E-state index contributed by atoms with van der Waals surface area (Å²) in [6.07, 6.45) is -0.0311. The number of halogens is 1. The quantitative estimate of drug-likeness (QED) is 0.370. The monoisotopic (exact) mass is 420 g/mol. The zero-order valence-corrected chi connectivity index (χ0v) is 16.9. The molecule has 4 rings (SSSR count). The van der Waals surface area contributed by atoms with Gasteiger partial charge in [-0.15, -0.1) is 0 Å². The molecule has 0 aliphatic carbocycles. The molecule has 0 fully saturated rings. The van der Waals surface area contributed by atoms with E-state index in [2.05, 4.69) is 11.4 Å². The second-order valence-electron chi connectivity index (χ2n) is 7.10. The summed E-state index contributed by atoms with van der Waals surface area (Å²) in [5, 5.41) is 13.7. The maximum absolute atomic E-state index is 11.1. The Morgan fingerprint density at radius 1 is 1.03 bits per heavy atom. The van der Waals surface area contributed by atoms with Crippen LogP contribution in [0.4, 0.5) is 5.69 Å². The highest BCUT2D eigenvalue weighted by Gasteiger charge is 2.13. The fourth-order valence-electron chi connectivity index (χ4n) is 3.57. The number of para-hydroxylation sites is 1. The molecule has 6 heteroatoms. The molecule has 5 nitrogen and oxygen atoms in total. The minimum atomic E-state index is -0.860. The van der Waals surface area contributed by atoms with Gasteiger partial charge in [0, 0.05) is 35.8 Å². The van der Waals surface area contributed by atoms with Crippen LogP contribution >= 0.6 is 11.6 Å². The van der Waals surface area contributed by atoms with Crippen molar-refractivity contribution in [3.63, 3.8) is 0 Å². The van der Waals surface area contributed by atoms with E-state index < -0.39 is 5.97 Å². The van der Waals surface area contributed by atoms with Crippen LogP contribution in [0, 0.1) is 0 Å². The summed E-state index contributed by atoms with van der Waals surface area (Å²) in [7, 11) is 0. The summed E-state index contributed by atoms with van der Waals surface area (Å²) >= 11 is 6.14. The summed E-state index contributed by atoms with van der Waals surface area (Å²) in [4.78, 5) is 11.1. The first kappa shape index (κ1) is 20.0. The highest BCUT2D eigenvalue weighted by molar-refractivity contribution is 6.30. The van der Waals surface area contributed by atoms with Crippen molar-refractivity contribution in [2.24, 2.45) is 5.73 Å². The van der Waals surface area contributed by atoms with Gasteiger partial charge in [-0.3, -0.25) is 4.79 Å². The highest BCUT2D eigenvalue weighted by Crippen LogP contribution is 2.34. The average Bonchev–Trinajstić information content (AvgIpc) is 3.12. The van der Waals surface area contributed by atoms with E-state index in [1.54, 1.807) is 6.07 Å². The van der Waals surface area contributed by atoms with Crippen LogP contribution in [0.3, 0.4) is 0 Å². The highest BCUT2D eigenvalue weighted by atomic mass is 35.5. The molecule has 0 spiro atoms. The number of benzene rings is 3. The standard InChI is InChI=1S/C24H21ClN2O3/c25-22-11-19-9-16(14-27-21-7-2-1-5-18(21)12-23(28)29)10-20(24(19)30-22)17-6-3-4-15(8-17)13-26/h1-11,27H,12-14,26H2,(H,28,29). The second kappa shape index (κ2) is 8.61. The van der Waals surface area contributed by atoms with Crippen molar-refractivity contribution in [1.29, 1.82) is 0 Å². The van der Waals surface area contributed by atoms with E-state index in [-0.39, 0.29) is 6.42 Å². The van der Waals surface area contributed by atoms with Gasteiger partial charge in [-0.25, -0.2) is 0 Å². The Hall–Kier alpha value is -3.28. The molecule has 0 bridgehead atoms. The van der Waals surface area contributed by atoms with Gasteiger partial charge in [-0.05, 0) is 58.1 Å².